The Bertz CT molecular complexity index is 682. The monoisotopic (exact) mass is 380 g/mol. The minimum atomic E-state index is -0.376. The number of benzene rings is 2. The largest absolute Gasteiger partial charge is 0.493 e. The molecule has 2 aromatic carbocycles. The molecule has 0 aromatic heterocycles. The third-order valence-corrected chi connectivity index (χ3v) is 3.96. The van der Waals surface area contributed by atoms with Gasteiger partial charge in [0.05, 0.1) is 26.9 Å². The maximum Gasteiger partial charge on any atom is 0.337 e. The maximum atomic E-state index is 11.4. The van der Waals surface area contributed by atoms with E-state index in [0.717, 1.165) is 10.0 Å². The lowest BCUT2D eigenvalue weighted by Crippen LogP contribution is -2.02. The molecule has 0 aliphatic carbocycles. The van der Waals surface area contributed by atoms with Gasteiger partial charge in [0.15, 0.2) is 11.5 Å². The normalized spacial score (nSPS) is 10.1. The highest BCUT2D eigenvalue weighted by Crippen LogP contribution is 2.33. The Labute approximate surface area is 143 Å². The number of ether oxygens (including phenoxy) is 4. The zero-order chi connectivity index (χ0) is 16.8. The lowest BCUT2D eigenvalue weighted by atomic mass is 10.2. The fourth-order valence-electron chi connectivity index (χ4n) is 1.97. The van der Waals surface area contributed by atoms with Crippen molar-refractivity contribution in [2.45, 2.75) is 6.61 Å². The summed E-state index contributed by atoms with van der Waals surface area (Å²) in [6, 6.07) is 10.4. The summed E-state index contributed by atoms with van der Waals surface area (Å²) in [6.45, 7) is 0.346. The Morgan fingerprint density at radius 3 is 2.17 bits per heavy atom. The van der Waals surface area contributed by atoms with Crippen LogP contribution in [0.2, 0.25) is 0 Å². The van der Waals surface area contributed by atoms with Crippen molar-refractivity contribution in [3.05, 3.63) is 52.0 Å². The minimum absolute atomic E-state index is 0.346. The second kappa shape index (κ2) is 7.87. The molecule has 2 rings (SSSR count). The van der Waals surface area contributed by atoms with Gasteiger partial charge in [-0.3, -0.25) is 0 Å². The highest BCUT2D eigenvalue weighted by molar-refractivity contribution is 9.10. The molecule has 0 bridgehead atoms. The molecule has 2 aromatic rings. The van der Waals surface area contributed by atoms with Crippen molar-refractivity contribution in [2.75, 3.05) is 21.3 Å². The standard InChI is InChI=1S/C17H17BrO5/c1-20-15-8-12(14(18)9-16(15)21-2)10-23-13-6-4-11(5-7-13)17(19)22-3/h4-9H,10H2,1-3H3. The van der Waals surface area contributed by atoms with E-state index in [4.69, 9.17) is 14.2 Å². The molecule has 0 radical (unpaired) electrons. The van der Waals surface area contributed by atoms with Gasteiger partial charge < -0.3 is 18.9 Å². The van der Waals surface area contributed by atoms with E-state index in [9.17, 15) is 4.79 Å². The number of carbonyl (C=O) groups excluding carboxylic acids is 1. The predicted octanol–water partition coefficient (Wildman–Crippen LogP) is 3.83. The lowest BCUT2D eigenvalue weighted by molar-refractivity contribution is 0.0600. The van der Waals surface area contributed by atoms with Crippen molar-refractivity contribution in [1.29, 1.82) is 0 Å². The number of methoxy groups -OCH3 is 3. The summed E-state index contributed by atoms with van der Waals surface area (Å²) in [4.78, 5) is 11.4. The first-order chi connectivity index (χ1) is 11.1. The fourth-order valence-corrected chi connectivity index (χ4v) is 2.41. The van der Waals surface area contributed by atoms with E-state index in [1.165, 1.54) is 7.11 Å². The molecule has 122 valence electrons. The fraction of sp³-hybridized carbons (Fsp3) is 0.235. The smallest absolute Gasteiger partial charge is 0.337 e. The van der Waals surface area contributed by atoms with Gasteiger partial charge in [-0.05, 0) is 36.4 Å². The van der Waals surface area contributed by atoms with Crippen molar-refractivity contribution in [3.63, 3.8) is 0 Å². The Morgan fingerprint density at radius 1 is 1.00 bits per heavy atom. The molecule has 0 heterocycles. The molecule has 6 heteroatoms. The van der Waals surface area contributed by atoms with Crippen LogP contribution in [-0.2, 0) is 11.3 Å². The summed E-state index contributed by atoms with van der Waals surface area (Å²) in [5.74, 6) is 1.56. The van der Waals surface area contributed by atoms with Gasteiger partial charge in [-0.2, -0.15) is 0 Å². The summed E-state index contributed by atoms with van der Waals surface area (Å²) >= 11 is 3.49. The molecule has 0 aliphatic heterocycles. The number of carbonyl (C=O) groups is 1. The highest BCUT2D eigenvalue weighted by atomic mass is 79.9. The quantitative estimate of drug-likeness (QED) is 0.712. The topological polar surface area (TPSA) is 54.0 Å². The van der Waals surface area contributed by atoms with Crippen LogP contribution >= 0.6 is 15.9 Å². The van der Waals surface area contributed by atoms with Crippen LogP contribution in [0.5, 0.6) is 17.2 Å². The van der Waals surface area contributed by atoms with Crippen molar-refractivity contribution in [2.24, 2.45) is 0 Å². The van der Waals surface area contributed by atoms with E-state index < -0.39 is 0 Å². The molecule has 0 saturated carbocycles. The molecule has 23 heavy (non-hydrogen) atoms. The molecule has 0 aliphatic rings. The third kappa shape index (κ3) is 4.16. The van der Waals surface area contributed by atoms with Crippen molar-refractivity contribution >= 4 is 21.9 Å². The number of hydrogen-bond donors (Lipinski definition) is 0. The van der Waals surface area contributed by atoms with Crippen LogP contribution < -0.4 is 14.2 Å². The van der Waals surface area contributed by atoms with Gasteiger partial charge in [0, 0.05) is 10.0 Å². The third-order valence-electron chi connectivity index (χ3n) is 3.22. The lowest BCUT2D eigenvalue weighted by Gasteiger charge is -2.13. The van der Waals surface area contributed by atoms with E-state index in [-0.39, 0.29) is 5.97 Å². The first kappa shape index (κ1) is 17.1. The summed E-state index contributed by atoms with van der Waals surface area (Å²) in [5, 5.41) is 0. The van der Waals surface area contributed by atoms with Crippen molar-refractivity contribution in [3.8, 4) is 17.2 Å². The molecule has 5 nitrogen and oxygen atoms in total. The summed E-state index contributed by atoms with van der Waals surface area (Å²) in [6.07, 6.45) is 0. The van der Waals surface area contributed by atoms with Gasteiger partial charge in [-0.15, -0.1) is 0 Å². The van der Waals surface area contributed by atoms with Gasteiger partial charge >= 0.3 is 5.97 Å². The zero-order valence-corrected chi connectivity index (χ0v) is 14.7. The van der Waals surface area contributed by atoms with Crippen molar-refractivity contribution in [1.82, 2.24) is 0 Å². The van der Waals surface area contributed by atoms with Crippen LogP contribution in [0.25, 0.3) is 0 Å². The molecule has 0 saturated heterocycles. The first-order valence-corrected chi connectivity index (χ1v) is 7.60. The maximum absolute atomic E-state index is 11.4. The van der Waals surface area contributed by atoms with Gasteiger partial charge in [0.25, 0.3) is 0 Å². The van der Waals surface area contributed by atoms with Crippen LogP contribution in [0.3, 0.4) is 0 Å². The van der Waals surface area contributed by atoms with E-state index in [1.54, 1.807) is 38.5 Å². The van der Waals surface area contributed by atoms with Crippen LogP contribution in [0.4, 0.5) is 0 Å². The average molecular weight is 381 g/mol. The summed E-state index contributed by atoms with van der Waals surface area (Å²) < 4.78 is 21.8. The van der Waals surface area contributed by atoms with Crippen LogP contribution in [-0.4, -0.2) is 27.3 Å². The number of hydrogen-bond acceptors (Lipinski definition) is 5. The predicted molar refractivity (Wildman–Crippen MR) is 89.4 cm³/mol. The Hall–Kier alpha value is -2.21. The number of halogens is 1. The van der Waals surface area contributed by atoms with Crippen LogP contribution in [0, 0.1) is 0 Å². The van der Waals surface area contributed by atoms with Crippen LogP contribution in [0.1, 0.15) is 15.9 Å². The second-order valence-corrected chi connectivity index (χ2v) is 5.46. The van der Waals surface area contributed by atoms with E-state index >= 15 is 0 Å². The molecule has 0 N–H and O–H groups in total. The van der Waals surface area contributed by atoms with Crippen LogP contribution in [0.15, 0.2) is 40.9 Å². The Balaban J connectivity index is 2.10. The molecule has 0 spiro atoms. The second-order valence-electron chi connectivity index (χ2n) is 4.60. The van der Waals surface area contributed by atoms with Gasteiger partial charge in [-0.25, -0.2) is 4.79 Å². The molecule has 0 atom stereocenters. The summed E-state index contributed by atoms with van der Waals surface area (Å²) in [5.41, 5.74) is 1.40. The van der Waals surface area contributed by atoms with Crippen molar-refractivity contribution < 1.29 is 23.7 Å². The number of esters is 1. The van der Waals surface area contributed by atoms with Gasteiger partial charge in [0.1, 0.15) is 12.4 Å². The molecule has 0 amide bonds. The highest BCUT2D eigenvalue weighted by Gasteiger charge is 2.10. The molecule has 0 fully saturated rings. The summed E-state index contributed by atoms with van der Waals surface area (Å²) in [7, 11) is 4.52. The Kier molecular flexibility index (Phi) is 5.87. The average Bonchev–Trinajstić information content (AvgIpc) is 2.60. The molecular weight excluding hydrogens is 364 g/mol. The molecule has 0 unspecified atom stereocenters. The Morgan fingerprint density at radius 2 is 1.61 bits per heavy atom. The zero-order valence-electron chi connectivity index (χ0n) is 13.1. The number of rotatable bonds is 6. The van der Waals surface area contributed by atoms with E-state index in [0.29, 0.717) is 29.4 Å². The van der Waals surface area contributed by atoms with Gasteiger partial charge in [0.2, 0.25) is 0 Å². The molecular formula is C17H17BrO5. The SMILES string of the molecule is COC(=O)c1ccc(OCc2cc(OC)c(OC)cc2Br)cc1. The van der Waals surface area contributed by atoms with Gasteiger partial charge in [-0.1, -0.05) is 15.9 Å². The van der Waals surface area contributed by atoms with E-state index in [2.05, 4.69) is 20.7 Å². The van der Waals surface area contributed by atoms with E-state index in [1.807, 2.05) is 12.1 Å². The first-order valence-electron chi connectivity index (χ1n) is 6.80. The minimum Gasteiger partial charge on any atom is -0.493 e.